The quantitative estimate of drug-likeness (QED) is 0.909. The molecule has 2 aliphatic rings. The molecule has 0 bridgehead atoms. The van der Waals surface area contributed by atoms with Gasteiger partial charge in [-0.1, -0.05) is 27.7 Å². The van der Waals surface area contributed by atoms with E-state index in [0.717, 1.165) is 5.69 Å². The van der Waals surface area contributed by atoms with Gasteiger partial charge in [-0.2, -0.15) is 13.2 Å². The Morgan fingerprint density at radius 1 is 1.24 bits per heavy atom. The lowest BCUT2D eigenvalue weighted by Crippen LogP contribution is -2.26. The first kappa shape index (κ1) is 14.9. The van der Waals surface area contributed by atoms with Crippen molar-refractivity contribution in [2.24, 2.45) is 16.7 Å². The van der Waals surface area contributed by atoms with E-state index in [2.05, 4.69) is 38.0 Å². The SMILES string of the molecule is CC1(C)C(Cn2c(C(F)(F)F)nc3c2CCNC3)C1(C)C. The van der Waals surface area contributed by atoms with E-state index in [9.17, 15) is 13.2 Å². The highest BCUT2D eigenvalue weighted by Crippen LogP contribution is 2.69. The average molecular weight is 301 g/mol. The van der Waals surface area contributed by atoms with Gasteiger partial charge >= 0.3 is 6.18 Å². The number of rotatable bonds is 2. The van der Waals surface area contributed by atoms with Gasteiger partial charge in [-0.25, -0.2) is 4.98 Å². The maximum Gasteiger partial charge on any atom is 0.449 e. The van der Waals surface area contributed by atoms with E-state index in [4.69, 9.17) is 0 Å². The number of fused-ring (bicyclic) bond motifs is 1. The number of alkyl halides is 3. The molecule has 1 aliphatic heterocycles. The summed E-state index contributed by atoms with van der Waals surface area (Å²) in [5, 5.41) is 3.09. The second-order valence-corrected chi connectivity index (χ2v) is 7.36. The standard InChI is InChI=1S/C15H22F3N3/c1-13(2)11(14(13,3)4)8-21-10-5-6-19-7-9(10)20-12(21)15(16,17)18/h11,19H,5-8H2,1-4H3. The fourth-order valence-electron chi connectivity index (χ4n) is 3.76. The second kappa shape index (κ2) is 4.24. The van der Waals surface area contributed by atoms with E-state index in [1.165, 1.54) is 4.57 Å². The van der Waals surface area contributed by atoms with Gasteiger partial charge in [0, 0.05) is 31.7 Å². The van der Waals surface area contributed by atoms with Crippen molar-refractivity contribution in [1.29, 1.82) is 0 Å². The molecule has 6 heteroatoms. The highest BCUT2D eigenvalue weighted by Gasteiger charge is 2.64. The molecule has 0 aromatic carbocycles. The van der Waals surface area contributed by atoms with Crippen LogP contribution in [0, 0.1) is 16.7 Å². The summed E-state index contributed by atoms with van der Waals surface area (Å²) >= 11 is 0. The number of imidazole rings is 1. The van der Waals surface area contributed by atoms with E-state index < -0.39 is 12.0 Å². The molecule has 3 rings (SSSR count). The molecule has 2 heterocycles. The second-order valence-electron chi connectivity index (χ2n) is 7.36. The lowest BCUT2D eigenvalue weighted by molar-refractivity contribution is -0.147. The zero-order valence-corrected chi connectivity index (χ0v) is 12.9. The fraction of sp³-hybridized carbons (Fsp3) is 0.800. The molecule has 1 saturated carbocycles. The van der Waals surface area contributed by atoms with Gasteiger partial charge < -0.3 is 9.88 Å². The van der Waals surface area contributed by atoms with Crippen LogP contribution in [0.5, 0.6) is 0 Å². The van der Waals surface area contributed by atoms with Crippen LogP contribution in [0.3, 0.4) is 0 Å². The molecule has 1 N–H and O–H groups in total. The summed E-state index contributed by atoms with van der Waals surface area (Å²) in [6, 6.07) is 0. The molecule has 3 nitrogen and oxygen atoms in total. The molecule has 118 valence electrons. The van der Waals surface area contributed by atoms with Crippen molar-refractivity contribution in [3.05, 3.63) is 17.2 Å². The highest BCUT2D eigenvalue weighted by molar-refractivity contribution is 5.23. The third kappa shape index (κ3) is 2.10. The number of hydrogen-bond acceptors (Lipinski definition) is 2. The minimum absolute atomic E-state index is 0.0694. The third-order valence-electron chi connectivity index (χ3n) is 5.92. The van der Waals surface area contributed by atoms with Crippen LogP contribution in [0.25, 0.3) is 0 Å². The predicted molar refractivity (Wildman–Crippen MR) is 73.7 cm³/mol. The Morgan fingerprint density at radius 2 is 1.86 bits per heavy atom. The molecular weight excluding hydrogens is 279 g/mol. The van der Waals surface area contributed by atoms with Crippen molar-refractivity contribution in [2.75, 3.05) is 6.54 Å². The third-order valence-corrected chi connectivity index (χ3v) is 5.92. The molecule has 1 aromatic heterocycles. The van der Waals surface area contributed by atoms with Crippen molar-refractivity contribution in [1.82, 2.24) is 14.9 Å². The molecular formula is C15H22F3N3. The Balaban J connectivity index is 2.00. The zero-order chi connectivity index (χ0) is 15.6. The summed E-state index contributed by atoms with van der Waals surface area (Å²) in [6.45, 7) is 10.1. The molecule has 0 saturated heterocycles. The van der Waals surface area contributed by atoms with E-state index in [-0.39, 0.29) is 16.7 Å². The summed E-state index contributed by atoms with van der Waals surface area (Å²) in [5.74, 6) is -0.478. The van der Waals surface area contributed by atoms with E-state index in [1.54, 1.807) is 0 Å². The van der Waals surface area contributed by atoms with Crippen LogP contribution in [0.15, 0.2) is 0 Å². The number of aromatic nitrogens is 2. The van der Waals surface area contributed by atoms with Gasteiger partial charge in [-0.3, -0.25) is 0 Å². The molecule has 21 heavy (non-hydrogen) atoms. The minimum atomic E-state index is -4.39. The van der Waals surface area contributed by atoms with Crippen molar-refractivity contribution in [2.45, 2.75) is 53.4 Å². The Bertz CT molecular complexity index is 555. The predicted octanol–water partition coefficient (Wildman–Crippen LogP) is 3.23. The van der Waals surface area contributed by atoms with Gasteiger partial charge in [0.05, 0.1) is 5.69 Å². The summed E-state index contributed by atoms with van der Waals surface area (Å²) in [6.07, 6.45) is -3.77. The van der Waals surface area contributed by atoms with Crippen molar-refractivity contribution < 1.29 is 13.2 Å². The van der Waals surface area contributed by atoms with Crippen LogP contribution < -0.4 is 5.32 Å². The van der Waals surface area contributed by atoms with Crippen molar-refractivity contribution in [3.63, 3.8) is 0 Å². The lowest BCUT2D eigenvalue weighted by atomic mass is 10.0. The molecule has 1 aliphatic carbocycles. The van der Waals surface area contributed by atoms with Gasteiger partial charge in [0.25, 0.3) is 0 Å². The zero-order valence-electron chi connectivity index (χ0n) is 12.9. The largest absolute Gasteiger partial charge is 0.449 e. The number of hydrogen-bond donors (Lipinski definition) is 1. The van der Waals surface area contributed by atoms with E-state index in [1.807, 2.05) is 0 Å². The van der Waals surface area contributed by atoms with Crippen LogP contribution in [-0.4, -0.2) is 16.1 Å². The van der Waals surface area contributed by atoms with Crippen molar-refractivity contribution in [3.8, 4) is 0 Å². The molecule has 0 atom stereocenters. The van der Waals surface area contributed by atoms with Crippen LogP contribution >= 0.6 is 0 Å². The molecule has 0 unspecified atom stereocenters. The summed E-state index contributed by atoms with van der Waals surface area (Å²) in [4.78, 5) is 3.87. The first-order valence-corrected chi connectivity index (χ1v) is 7.43. The molecule has 0 radical (unpaired) electrons. The summed E-state index contributed by atoms with van der Waals surface area (Å²) in [7, 11) is 0. The van der Waals surface area contributed by atoms with Gasteiger partial charge in [0.1, 0.15) is 0 Å². The van der Waals surface area contributed by atoms with Crippen LogP contribution in [-0.2, 0) is 25.7 Å². The lowest BCUT2D eigenvalue weighted by Gasteiger charge is -2.17. The maximum atomic E-state index is 13.3. The topological polar surface area (TPSA) is 29.9 Å². The normalized spacial score (nSPS) is 24.0. The number of halogens is 3. The van der Waals surface area contributed by atoms with Crippen LogP contribution in [0.1, 0.15) is 44.9 Å². The smallest absolute Gasteiger partial charge is 0.324 e. The van der Waals surface area contributed by atoms with Crippen LogP contribution in [0.2, 0.25) is 0 Å². The molecule has 0 amide bonds. The van der Waals surface area contributed by atoms with Gasteiger partial charge in [-0.05, 0) is 16.7 Å². The van der Waals surface area contributed by atoms with Gasteiger partial charge in [0.2, 0.25) is 5.82 Å². The van der Waals surface area contributed by atoms with E-state index >= 15 is 0 Å². The average Bonchev–Trinajstić information content (AvgIpc) is 2.70. The van der Waals surface area contributed by atoms with Crippen LogP contribution in [0.4, 0.5) is 13.2 Å². The Hall–Kier alpha value is -1.04. The Labute approximate surface area is 122 Å². The Morgan fingerprint density at radius 3 is 2.38 bits per heavy atom. The highest BCUT2D eigenvalue weighted by atomic mass is 19.4. The van der Waals surface area contributed by atoms with Crippen molar-refractivity contribution >= 4 is 0 Å². The first-order chi connectivity index (χ1) is 9.57. The minimum Gasteiger partial charge on any atom is -0.324 e. The fourth-order valence-corrected chi connectivity index (χ4v) is 3.76. The first-order valence-electron chi connectivity index (χ1n) is 7.43. The maximum absolute atomic E-state index is 13.3. The van der Waals surface area contributed by atoms with Gasteiger partial charge in [0.15, 0.2) is 0 Å². The van der Waals surface area contributed by atoms with Gasteiger partial charge in [-0.15, -0.1) is 0 Å². The molecule has 1 aromatic rings. The Kier molecular flexibility index (Phi) is 3.01. The number of nitrogens with zero attached hydrogens (tertiary/aromatic N) is 2. The monoisotopic (exact) mass is 301 g/mol. The summed E-state index contributed by atoms with van der Waals surface area (Å²) in [5.41, 5.74) is 1.46. The molecule has 0 spiro atoms. The number of nitrogens with one attached hydrogen (secondary N) is 1. The summed E-state index contributed by atoms with van der Waals surface area (Å²) < 4.78 is 41.3. The van der Waals surface area contributed by atoms with E-state index in [0.29, 0.717) is 31.7 Å². The molecule has 1 fully saturated rings.